The second-order valence-electron chi connectivity index (χ2n) is 21.2. The van der Waals surface area contributed by atoms with E-state index in [2.05, 4.69) is 67.5 Å². The first-order valence-corrected chi connectivity index (χ1v) is 30.0. The molecule has 40 nitrogen and oxygen atoms in total. The standard InChI is InChI=1S/C52H101N27O13/c53-21-3-1-11-29(72-39(83)28(55)10-5-23-67-48(57)58)40(84)73-30(12-2-4-22-54)41(85)74-31(13-6-24-68-49(59)60)42(86)75-32(14-7-25-69-50(61)62)43(87)77-34(17-19-37(56)80)45(89)78-35(18-20-38(81)82)46(90)76-33(15-8-26-70-51(63)64)44(88)79-36(47(91)92)16-9-27-71-52(65)66/h28-36H,1-27,53-55H2,(H2,56,80)(H,72,83)(H,73,84)(H,74,85)(H,75,86)(H,76,90)(H,77,87)(H,78,89)(H,79,88)(H,81,82)(H,91,92)(H4,57,58,67)(H4,59,60,68)(H4,61,62,69)(H4,63,64,70)(H4,65,66,71)/t28-,29+,30+,31+,32-,33+,34+,35+,36-/m1/s1. The largest absolute Gasteiger partial charge is 0.481 e. The van der Waals surface area contributed by atoms with Crippen LogP contribution in [-0.4, -0.2) is 205 Å². The van der Waals surface area contributed by atoms with E-state index in [9.17, 15) is 63.0 Å². The number of nitrogens with one attached hydrogen (secondary N) is 8. The highest BCUT2D eigenvalue weighted by Crippen LogP contribution is 2.12. The van der Waals surface area contributed by atoms with E-state index in [-0.39, 0.29) is 146 Å². The lowest BCUT2D eigenvalue weighted by atomic mass is 10.0. The predicted molar refractivity (Wildman–Crippen MR) is 342 cm³/mol. The fraction of sp³-hybridized carbons (Fsp3) is 0.692. The summed E-state index contributed by atoms with van der Waals surface area (Å²) in [4.78, 5) is 169. The van der Waals surface area contributed by atoms with E-state index in [1.54, 1.807) is 0 Å². The molecule has 0 unspecified atom stereocenters. The molecule has 522 valence electrons. The van der Waals surface area contributed by atoms with E-state index < -0.39 is 145 Å². The third-order valence-corrected chi connectivity index (χ3v) is 13.4. The van der Waals surface area contributed by atoms with E-state index in [1.807, 2.05) is 0 Å². The summed E-state index contributed by atoms with van der Waals surface area (Å²) in [5, 5.41) is 39.7. The number of aliphatic carboxylic acids is 2. The van der Waals surface area contributed by atoms with Crippen LogP contribution in [-0.2, 0) is 52.7 Å². The Morgan fingerprint density at radius 2 is 0.522 bits per heavy atom. The average Bonchev–Trinajstić information content (AvgIpc) is 0.932. The number of carboxylic acid groups (broad SMARTS) is 2. The minimum atomic E-state index is -1.80. The van der Waals surface area contributed by atoms with Crippen LogP contribution in [0.4, 0.5) is 0 Å². The summed E-state index contributed by atoms with van der Waals surface area (Å²) in [5.74, 6) is -12.9. The molecule has 0 aromatic carbocycles. The molecule has 0 aliphatic carbocycles. The molecule has 0 saturated carbocycles. The maximum atomic E-state index is 14.6. The minimum Gasteiger partial charge on any atom is -0.481 e. The summed E-state index contributed by atoms with van der Waals surface area (Å²) < 4.78 is 0. The van der Waals surface area contributed by atoms with E-state index in [0.717, 1.165) is 0 Å². The van der Waals surface area contributed by atoms with Crippen LogP contribution in [0.15, 0.2) is 25.0 Å². The molecule has 0 saturated heterocycles. The summed E-state index contributed by atoms with van der Waals surface area (Å²) in [6.07, 6.45) is -1.05. The number of aliphatic imine (C=N–C) groups is 5. The topological polar surface area (TPSA) is 751 Å². The highest BCUT2D eigenvalue weighted by atomic mass is 16.4. The summed E-state index contributed by atoms with van der Waals surface area (Å²) in [6.45, 7) is 0.476. The zero-order valence-electron chi connectivity index (χ0n) is 52.0. The van der Waals surface area contributed by atoms with Gasteiger partial charge in [-0.2, -0.15) is 0 Å². The number of amides is 9. The molecule has 0 aliphatic heterocycles. The summed E-state index contributed by atoms with van der Waals surface area (Å²) in [6, 6.07) is -13.4. The third kappa shape index (κ3) is 39.4. The van der Waals surface area contributed by atoms with E-state index in [0.29, 0.717) is 32.1 Å². The van der Waals surface area contributed by atoms with Crippen LogP contribution in [0.3, 0.4) is 0 Å². The maximum absolute atomic E-state index is 14.6. The maximum Gasteiger partial charge on any atom is 0.326 e. The van der Waals surface area contributed by atoms with Crippen molar-refractivity contribution in [3.8, 4) is 0 Å². The average molecular weight is 1310 g/mol. The zero-order valence-corrected chi connectivity index (χ0v) is 52.0. The highest BCUT2D eigenvalue weighted by molar-refractivity contribution is 5.98. The van der Waals surface area contributed by atoms with Crippen LogP contribution in [0.1, 0.15) is 128 Å². The lowest BCUT2D eigenvalue weighted by Crippen LogP contribution is -2.60. The smallest absolute Gasteiger partial charge is 0.326 e. The van der Waals surface area contributed by atoms with Crippen molar-refractivity contribution in [1.29, 1.82) is 0 Å². The third-order valence-electron chi connectivity index (χ3n) is 13.4. The van der Waals surface area contributed by atoms with Gasteiger partial charge in [0, 0.05) is 45.6 Å². The SMILES string of the molecule is NCCCC[C@H](NC(=O)[C@H](N)CCCN=C(N)N)C(=O)N[C@@H](CCCCN)C(=O)N[C@@H](CCCN=C(N)N)C(=O)N[C@H](CCCN=C(N)N)C(=O)N[C@@H](CCC(N)=O)C(=O)N[C@@H](CCC(=O)O)C(=O)N[C@@H](CCCN=C(N)N)C(=O)N[C@H](CCCN=C(N)N)C(=O)O. The van der Waals surface area contributed by atoms with Gasteiger partial charge in [-0.1, -0.05) is 0 Å². The molecular weight excluding hydrogens is 1210 g/mol. The van der Waals surface area contributed by atoms with E-state index >= 15 is 0 Å². The fourth-order valence-electron chi connectivity index (χ4n) is 8.53. The van der Waals surface area contributed by atoms with Crippen molar-refractivity contribution < 1.29 is 63.0 Å². The van der Waals surface area contributed by atoms with Gasteiger partial charge in [-0.15, -0.1) is 0 Å². The van der Waals surface area contributed by atoms with Crippen molar-refractivity contribution >= 4 is 94.9 Å². The van der Waals surface area contributed by atoms with Gasteiger partial charge < -0.3 is 133 Å². The number of nitrogens with two attached hydrogens (primary N) is 14. The van der Waals surface area contributed by atoms with Gasteiger partial charge in [-0.3, -0.25) is 72.9 Å². The summed E-state index contributed by atoms with van der Waals surface area (Å²) in [7, 11) is 0. The lowest BCUT2D eigenvalue weighted by Gasteiger charge is -2.28. The number of carboxylic acids is 2. The van der Waals surface area contributed by atoms with Crippen molar-refractivity contribution in [1.82, 2.24) is 42.5 Å². The number of hydrogen-bond acceptors (Lipinski definition) is 19. The Hall–Kier alpha value is -9.60. The molecule has 0 radical (unpaired) electrons. The Morgan fingerprint density at radius 3 is 0.772 bits per heavy atom. The van der Waals surface area contributed by atoms with Crippen molar-refractivity contribution in [2.75, 3.05) is 45.8 Å². The molecule has 0 aromatic heterocycles. The lowest BCUT2D eigenvalue weighted by molar-refractivity contribution is -0.142. The van der Waals surface area contributed by atoms with Gasteiger partial charge in [0.15, 0.2) is 29.8 Å². The van der Waals surface area contributed by atoms with Gasteiger partial charge in [-0.05, 0) is 129 Å². The number of rotatable bonds is 51. The number of nitrogens with zero attached hydrogens (tertiary/aromatic N) is 5. The second kappa shape index (κ2) is 47.4. The van der Waals surface area contributed by atoms with Crippen molar-refractivity contribution in [2.24, 2.45) is 105 Å². The van der Waals surface area contributed by atoms with Crippen molar-refractivity contribution in [3.05, 3.63) is 0 Å². The quantitative estimate of drug-likeness (QED) is 0.0153. The highest BCUT2D eigenvalue weighted by Gasteiger charge is 2.35. The molecule has 38 N–H and O–H groups in total. The van der Waals surface area contributed by atoms with E-state index in [4.69, 9.17) is 80.3 Å². The molecular formula is C52H101N27O13. The molecule has 0 spiro atoms. The Labute approximate surface area is 532 Å². The molecule has 0 aliphatic rings. The van der Waals surface area contributed by atoms with Gasteiger partial charge in [0.1, 0.15) is 48.3 Å². The molecule has 9 atom stereocenters. The molecule has 0 fully saturated rings. The number of guanidine groups is 5. The van der Waals surface area contributed by atoms with Crippen LogP contribution in [0.5, 0.6) is 0 Å². The minimum absolute atomic E-state index is 0.0118. The molecule has 9 amide bonds. The first kappa shape index (κ1) is 82.4. The van der Waals surface area contributed by atoms with Gasteiger partial charge in [-0.25, -0.2) is 4.79 Å². The Balaban J connectivity index is 7.36. The predicted octanol–water partition coefficient (Wildman–Crippen LogP) is -10.1. The number of carbonyl (C=O) groups is 11. The molecule has 40 heteroatoms. The van der Waals surface area contributed by atoms with Gasteiger partial charge in [0.05, 0.1) is 6.04 Å². The monoisotopic (exact) mass is 1310 g/mol. The van der Waals surface area contributed by atoms with Crippen LogP contribution in [0, 0.1) is 0 Å². The number of hydrogen-bond donors (Lipinski definition) is 24. The van der Waals surface area contributed by atoms with Crippen LogP contribution in [0.2, 0.25) is 0 Å². The molecule has 0 aromatic rings. The Kier molecular flexibility index (Phi) is 42.4. The normalized spacial score (nSPS) is 13.7. The van der Waals surface area contributed by atoms with Crippen molar-refractivity contribution in [2.45, 2.75) is 183 Å². The zero-order chi connectivity index (χ0) is 69.7. The van der Waals surface area contributed by atoms with Gasteiger partial charge >= 0.3 is 11.9 Å². The number of primary amides is 1. The Morgan fingerprint density at radius 1 is 0.293 bits per heavy atom. The molecule has 0 heterocycles. The van der Waals surface area contributed by atoms with Crippen LogP contribution in [0.25, 0.3) is 0 Å². The number of unbranched alkanes of at least 4 members (excludes halogenated alkanes) is 2. The Bertz CT molecular complexity index is 2520. The van der Waals surface area contributed by atoms with E-state index in [1.165, 1.54) is 0 Å². The molecule has 0 rings (SSSR count). The van der Waals surface area contributed by atoms with Crippen LogP contribution >= 0.6 is 0 Å². The molecule has 0 bridgehead atoms. The fourth-order valence-corrected chi connectivity index (χ4v) is 8.53. The van der Waals surface area contributed by atoms with Gasteiger partial charge in [0.25, 0.3) is 0 Å². The first-order chi connectivity index (χ1) is 43.4. The summed E-state index contributed by atoms with van der Waals surface area (Å²) in [5.41, 5.74) is 77.6. The first-order valence-electron chi connectivity index (χ1n) is 30.0. The van der Waals surface area contributed by atoms with Gasteiger partial charge in [0.2, 0.25) is 53.2 Å². The second-order valence-corrected chi connectivity index (χ2v) is 21.2. The van der Waals surface area contributed by atoms with Crippen molar-refractivity contribution in [3.63, 3.8) is 0 Å². The summed E-state index contributed by atoms with van der Waals surface area (Å²) >= 11 is 0. The van der Waals surface area contributed by atoms with Crippen LogP contribution < -0.4 is 123 Å². The molecule has 92 heavy (non-hydrogen) atoms. The number of carbonyl (C=O) groups excluding carboxylic acids is 9.